The van der Waals surface area contributed by atoms with E-state index < -0.39 is 40.0 Å². The molecule has 1 aromatic carbocycles. The molecule has 30 heavy (non-hydrogen) atoms. The van der Waals surface area contributed by atoms with E-state index in [0.717, 1.165) is 17.7 Å². The summed E-state index contributed by atoms with van der Waals surface area (Å²) in [5, 5.41) is 5.25. The highest BCUT2D eigenvalue weighted by molar-refractivity contribution is 7.89. The van der Waals surface area contributed by atoms with Gasteiger partial charge in [-0.1, -0.05) is 19.9 Å². The van der Waals surface area contributed by atoms with Crippen molar-refractivity contribution >= 4 is 33.6 Å². The zero-order valence-electron chi connectivity index (χ0n) is 17.5. The molecule has 1 aromatic rings. The van der Waals surface area contributed by atoms with E-state index in [0.29, 0.717) is 19.5 Å². The standard InChI is InChI=1S/C20H28N4O5S/c1-14(2)12-20(3)18(26)24(19(27)22-20)13-17(25)21-15-7-6-8-16(11-15)30(28,29)23-9-4-5-10-23/h6-8,11,14H,4-5,9-10,12-13H2,1-3H3,(H,21,25)(H,22,27). The summed E-state index contributed by atoms with van der Waals surface area (Å²) in [6, 6.07) is 5.38. The Morgan fingerprint density at radius 2 is 1.90 bits per heavy atom. The Morgan fingerprint density at radius 1 is 1.23 bits per heavy atom. The Hall–Kier alpha value is -2.46. The summed E-state index contributed by atoms with van der Waals surface area (Å²) in [5.41, 5.74) is -0.743. The maximum atomic E-state index is 12.7. The first-order chi connectivity index (χ1) is 14.0. The molecule has 0 saturated carbocycles. The molecule has 1 unspecified atom stereocenters. The fourth-order valence-corrected chi connectivity index (χ4v) is 5.56. The van der Waals surface area contributed by atoms with Crippen molar-refractivity contribution in [3.05, 3.63) is 24.3 Å². The fraction of sp³-hybridized carbons (Fsp3) is 0.550. The van der Waals surface area contributed by atoms with Crippen LogP contribution in [0.2, 0.25) is 0 Å². The van der Waals surface area contributed by atoms with Crippen molar-refractivity contribution in [1.82, 2.24) is 14.5 Å². The Bertz CT molecular complexity index is 956. The predicted octanol–water partition coefficient (Wildman–Crippen LogP) is 1.77. The van der Waals surface area contributed by atoms with Crippen LogP contribution in [0, 0.1) is 5.92 Å². The van der Waals surface area contributed by atoms with Gasteiger partial charge in [0.1, 0.15) is 12.1 Å². The number of nitrogens with zero attached hydrogens (tertiary/aromatic N) is 2. The third-order valence-electron chi connectivity index (χ3n) is 5.28. The Balaban J connectivity index is 1.68. The minimum atomic E-state index is -3.61. The van der Waals surface area contributed by atoms with Crippen molar-refractivity contribution in [2.75, 3.05) is 25.0 Å². The number of nitrogens with one attached hydrogen (secondary N) is 2. The van der Waals surface area contributed by atoms with Gasteiger partial charge in [-0.15, -0.1) is 0 Å². The molecular formula is C20H28N4O5S. The van der Waals surface area contributed by atoms with E-state index in [-0.39, 0.29) is 16.5 Å². The molecule has 9 nitrogen and oxygen atoms in total. The quantitative estimate of drug-likeness (QED) is 0.632. The predicted molar refractivity (Wildman–Crippen MR) is 111 cm³/mol. The van der Waals surface area contributed by atoms with Gasteiger partial charge >= 0.3 is 6.03 Å². The van der Waals surface area contributed by atoms with Gasteiger partial charge in [0, 0.05) is 18.8 Å². The number of rotatable bonds is 7. The monoisotopic (exact) mass is 436 g/mol. The van der Waals surface area contributed by atoms with Gasteiger partial charge in [-0.05, 0) is 50.3 Å². The van der Waals surface area contributed by atoms with E-state index in [9.17, 15) is 22.8 Å². The molecule has 2 aliphatic heterocycles. The zero-order chi connectivity index (χ0) is 22.1. The van der Waals surface area contributed by atoms with Crippen LogP contribution in [0.3, 0.4) is 0 Å². The van der Waals surface area contributed by atoms with Gasteiger partial charge in [0.15, 0.2) is 0 Å². The third kappa shape index (κ3) is 4.49. The number of urea groups is 1. The summed E-state index contributed by atoms with van der Waals surface area (Å²) in [7, 11) is -3.61. The van der Waals surface area contributed by atoms with E-state index in [2.05, 4.69) is 10.6 Å². The van der Waals surface area contributed by atoms with Crippen molar-refractivity contribution in [3.8, 4) is 0 Å². The molecule has 164 valence electrons. The van der Waals surface area contributed by atoms with Crippen LogP contribution in [-0.4, -0.2) is 60.6 Å². The number of carbonyl (C=O) groups excluding carboxylic acids is 3. The Morgan fingerprint density at radius 3 is 2.53 bits per heavy atom. The SMILES string of the molecule is CC(C)CC1(C)NC(=O)N(CC(=O)Nc2cccc(S(=O)(=O)N3CCCC3)c2)C1=O. The van der Waals surface area contributed by atoms with E-state index in [4.69, 9.17) is 0 Å². The number of carbonyl (C=O) groups is 3. The highest BCUT2D eigenvalue weighted by atomic mass is 32.2. The molecule has 0 aromatic heterocycles. The average Bonchev–Trinajstić information content (AvgIpc) is 3.26. The second-order valence-electron chi connectivity index (χ2n) is 8.44. The minimum absolute atomic E-state index is 0.0988. The van der Waals surface area contributed by atoms with E-state index >= 15 is 0 Å². The van der Waals surface area contributed by atoms with E-state index in [1.54, 1.807) is 19.1 Å². The molecule has 2 fully saturated rings. The molecule has 3 rings (SSSR count). The summed E-state index contributed by atoms with van der Waals surface area (Å²) < 4.78 is 26.8. The molecule has 0 radical (unpaired) electrons. The number of hydrogen-bond acceptors (Lipinski definition) is 5. The van der Waals surface area contributed by atoms with Gasteiger partial charge in [0.25, 0.3) is 5.91 Å². The number of imide groups is 1. The number of sulfonamides is 1. The maximum absolute atomic E-state index is 12.7. The smallest absolute Gasteiger partial charge is 0.324 e. The summed E-state index contributed by atoms with van der Waals surface area (Å²) in [6.07, 6.45) is 2.13. The van der Waals surface area contributed by atoms with E-state index in [1.807, 2.05) is 13.8 Å². The van der Waals surface area contributed by atoms with Crippen LogP contribution in [0.1, 0.15) is 40.0 Å². The summed E-state index contributed by atoms with van der Waals surface area (Å²) in [6.45, 7) is 6.08. The van der Waals surface area contributed by atoms with Crippen LogP contribution >= 0.6 is 0 Å². The molecule has 1 atom stereocenters. The molecule has 2 aliphatic rings. The lowest BCUT2D eigenvalue weighted by Crippen LogP contribution is -2.45. The van der Waals surface area contributed by atoms with Crippen molar-refractivity contribution in [2.45, 2.75) is 50.5 Å². The lowest BCUT2D eigenvalue weighted by atomic mass is 9.91. The fourth-order valence-electron chi connectivity index (χ4n) is 4.00. The molecular weight excluding hydrogens is 408 g/mol. The molecule has 0 spiro atoms. The first kappa shape index (κ1) is 22.2. The van der Waals surface area contributed by atoms with Crippen LogP contribution in [0.4, 0.5) is 10.5 Å². The summed E-state index contributed by atoms with van der Waals surface area (Å²) in [4.78, 5) is 38.4. The van der Waals surface area contributed by atoms with Gasteiger partial charge in [0.2, 0.25) is 15.9 Å². The first-order valence-corrected chi connectivity index (χ1v) is 11.5. The van der Waals surface area contributed by atoms with Gasteiger partial charge in [0.05, 0.1) is 4.90 Å². The lowest BCUT2D eigenvalue weighted by molar-refractivity contribution is -0.133. The van der Waals surface area contributed by atoms with Crippen molar-refractivity contribution in [3.63, 3.8) is 0 Å². The summed E-state index contributed by atoms with van der Waals surface area (Å²) in [5.74, 6) is -0.835. The largest absolute Gasteiger partial charge is 0.325 e. The number of benzene rings is 1. The Labute approximate surface area is 176 Å². The molecule has 2 N–H and O–H groups in total. The van der Waals surface area contributed by atoms with Crippen molar-refractivity contribution < 1.29 is 22.8 Å². The van der Waals surface area contributed by atoms with Gasteiger partial charge in [-0.3, -0.25) is 14.5 Å². The third-order valence-corrected chi connectivity index (χ3v) is 7.18. The van der Waals surface area contributed by atoms with Gasteiger partial charge in [-0.25, -0.2) is 13.2 Å². The van der Waals surface area contributed by atoms with Crippen molar-refractivity contribution in [2.24, 2.45) is 5.92 Å². The number of amides is 4. The normalized spacial score (nSPS) is 22.6. The molecule has 2 saturated heterocycles. The summed E-state index contributed by atoms with van der Waals surface area (Å²) >= 11 is 0. The topological polar surface area (TPSA) is 116 Å². The number of anilines is 1. The molecule has 10 heteroatoms. The lowest BCUT2D eigenvalue weighted by Gasteiger charge is -2.23. The molecule has 2 heterocycles. The zero-order valence-corrected chi connectivity index (χ0v) is 18.3. The highest BCUT2D eigenvalue weighted by Crippen LogP contribution is 2.26. The second kappa shape index (κ2) is 8.35. The average molecular weight is 437 g/mol. The second-order valence-corrected chi connectivity index (χ2v) is 10.4. The first-order valence-electron chi connectivity index (χ1n) is 10.1. The van der Waals surface area contributed by atoms with Crippen LogP contribution in [0.5, 0.6) is 0 Å². The van der Waals surface area contributed by atoms with Gasteiger partial charge in [-0.2, -0.15) is 4.31 Å². The Kier molecular flexibility index (Phi) is 6.19. The van der Waals surface area contributed by atoms with Gasteiger partial charge < -0.3 is 10.6 Å². The van der Waals surface area contributed by atoms with Crippen LogP contribution in [-0.2, 0) is 19.6 Å². The van der Waals surface area contributed by atoms with Crippen LogP contribution in [0.15, 0.2) is 29.2 Å². The van der Waals surface area contributed by atoms with Crippen LogP contribution in [0.25, 0.3) is 0 Å². The van der Waals surface area contributed by atoms with E-state index in [1.165, 1.54) is 16.4 Å². The maximum Gasteiger partial charge on any atom is 0.325 e. The van der Waals surface area contributed by atoms with Crippen LogP contribution < -0.4 is 10.6 Å². The minimum Gasteiger partial charge on any atom is -0.324 e. The molecule has 0 aliphatic carbocycles. The van der Waals surface area contributed by atoms with Crippen molar-refractivity contribution in [1.29, 1.82) is 0 Å². The number of hydrogen-bond donors (Lipinski definition) is 2. The molecule has 0 bridgehead atoms. The highest BCUT2D eigenvalue weighted by Gasteiger charge is 2.48. The molecule has 4 amide bonds.